The number of carbonyl (C=O) groups excluding carboxylic acids is 1. The van der Waals surface area contributed by atoms with Gasteiger partial charge in [0.2, 0.25) is 5.91 Å². The molecule has 9 heteroatoms. The molecule has 27 heavy (non-hydrogen) atoms. The van der Waals surface area contributed by atoms with Crippen LogP contribution in [0, 0.1) is 0 Å². The minimum Gasteiger partial charge on any atom is -0.361 e. The van der Waals surface area contributed by atoms with Crippen molar-refractivity contribution in [1.82, 2.24) is 24.9 Å². The number of rotatable bonds is 4. The third-order valence-corrected chi connectivity index (χ3v) is 4.27. The number of halogens is 3. The van der Waals surface area contributed by atoms with Crippen molar-refractivity contribution in [3.63, 3.8) is 0 Å². The molecule has 0 bridgehead atoms. The van der Waals surface area contributed by atoms with E-state index in [1.165, 1.54) is 10.5 Å². The van der Waals surface area contributed by atoms with Gasteiger partial charge in [-0.25, -0.2) is 0 Å². The summed E-state index contributed by atoms with van der Waals surface area (Å²) in [6, 6.07) is 9.80. The topological polar surface area (TPSA) is 75.1 Å². The van der Waals surface area contributed by atoms with Crippen LogP contribution in [0.1, 0.15) is 17.0 Å². The summed E-state index contributed by atoms with van der Waals surface area (Å²) in [4.78, 5) is 15.3. The lowest BCUT2D eigenvalue weighted by atomic mass is 10.1. The van der Waals surface area contributed by atoms with Crippen LogP contribution in [-0.4, -0.2) is 25.5 Å². The number of carbonyl (C=O) groups is 1. The third kappa shape index (κ3) is 3.35. The van der Waals surface area contributed by atoms with Gasteiger partial charge < -0.3 is 10.3 Å². The molecule has 0 atom stereocenters. The molecule has 2 N–H and O–H groups in total. The van der Waals surface area contributed by atoms with Crippen molar-refractivity contribution in [2.75, 3.05) is 0 Å². The number of H-pyrrole nitrogens is 1. The number of aromatic amines is 1. The Bertz CT molecular complexity index is 1130. The fourth-order valence-electron chi connectivity index (χ4n) is 2.92. The van der Waals surface area contributed by atoms with Crippen molar-refractivity contribution in [3.05, 3.63) is 65.7 Å². The van der Waals surface area contributed by atoms with Gasteiger partial charge in [-0.05, 0) is 23.8 Å². The molecule has 1 amide bonds. The molecule has 0 spiro atoms. The second-order valence-electron chi connectivity index (χ2n) is 6.07. The maximum Gasteiger partial charge on any atom is 0.417 e. The zero-order valence-corrected chi connectivity index (χ0v) is 13.9. The first kappa shape index (κ1) is 17.1. The van der Waals surface area contributed by atoms with Crippen LogP contribution < -0.4 is 5.32 Å². The van der Waals surface area contributed by atoms with Crippen LogP contribution in [0.15, 0.2) is 48.8 Å². The molecule has 4 aromatic rings. The van der Waals surface area contributed by atoms with Gasteiger partial charge >= 0.3 is 6.18 Å². The van der Waals surface area contributed by atoms with Crippen LogP contribution >= 0.6 is 0 Å². The molecular weight excluding hydrogens is 359 g/mol. The SMILES string of the molecule is O=C(Cc1c[nH]c2ccccc12)NCc1nnc2ccc(C(F)(F)F)cn12. The third-order valence-electron chi connectivity index (χ3n) is 4.27. The van der Waals surface area contributed by atoms with E-state index in [0.717, 1.165) is 28.7 Å². The molecule has 0 radical (unpaired) electrons. The molecule has 0 saturated carbocycles. The van der Waals surface area contributed by atoms with Gasteiger partial charge in [0.25, 0.3) is 0 Å². The molecule has 0 unspecified atom stereocenters. The molecule has 0 fully saturated rings. The lowest BCUT2D eigenvalue weighted by molar-refractivity contribution is -0.137. The Morgan fingerprint density at radius 3 is 2.78 bits per heavy atom. The highest BCUT2D eigenvalue weighted by Crippen LogP contribution is 2.29. The number of hydrogen-bond donors (Lipinski definition) is 2. The van der Waals surface area contributed by atoms with Gasteiger partial charge in [0.05, 0.1) is 18.5 Å². The molecule has 138 valence electrons. The number of fused-ring (bicyclic) bond motifs is 2. The summed E-state index contributed by atoms with van der Waals surface area (Å²) in [6.07, 6.45) is -1.62. The van der Waals surface area contributed by atoms with Crippen molar-refractivity contribution in [2.24, 2.45) is 0 Å². The van der Waals surface area contributed by atoms with E-state index in [1.807, 2.05) is 24.3 Å². The monoisotopic (exact) mass is 373 g/mol. The Balaban J connectivity index is 1.49. The predicted molar refractivity (Wildman–Crippen MR) is 91.8 cm³/mol. The number of aromatic nitrogens is 4. The van der Waals surface area contributed by atoms with Crippen LogP contribution in [0.25, 0.3) is 16.6 Å². The number of benzene rings is 1. The van der Waals surface area contributed by atoms with Crippen molar-refractivity contribution in [2.45, 2.75) is 19.1 Å². The summed E-state index contributed by atoms with van der Waals surface area (Å²) >= 11 is 0. The van der Waals surface area contributed by atoms with Gasteiger partial charge in [-0.3, -0.25) is 9.20 Å². The molecule has 3 aromatic heterocycles. The van der Waals surface area contributed by atoms with E-state index in [2.05, 4.69) is 20.5 Å². The minimum absolute atomic E-state index is 0.0241. The predicted octanol–water partition coefficient (Wildman–Crippen LogP) is 3.09. The fraction of sp³-hybridized carbons (Fsp3) is 0.167. The molecule has 1 aromatic carbocycles. The van der Waals surface area contributed by atoms with Gasteiger partial charge in [-0.15, -0.1) is 10.2 Å². The molecular formula is C18H14F3N5O. The van der Waals surface area contributed by atoms with Crippen LogP contribution in [0.4, 0.5) is 13.2 Å². The number of nitrogens with one attached hydrogen (secondary N) is 2. The Hall–Kier alpha value is -3.36. The molecule has 0 aliphatic rings. The van der Waals surface area contributed by atoms with Crippen LogP contribution in [0.2, 0.25) is 0 Å². The molecule has 4 rings (SSSR count). The van der Waals surface area contributed by atoms with Crippen LogP contribution in [-0.2, 0) is 23.9 Å². The minimum atomic E-state index is -4.46. The fourth-order valence-corrected chi connectivity index (χ4v) is 2.92. The Morgan fingerprint density at radius 1 is 1.15 bits per heavy atom. The zero-order chi connectivity index (χ0) is 19.0. The lowest BCUT2D eigenvalue weighted by Crippen LogP contribution is -2.25. The first-order chi connectivity index (χ1) is 12.9. The van der Waals surface area contributed by atoms with E-state index < -0.39 is 11.7 Å². The van der Waals surface area contributed by atoms with E-state index in [9.17, 15) is 18.0 Å². The summed E-state index contributed by atoms with van der Waals surface area (Å²) in [6.45, 7) is -0.0241. The molecule has 6 nitrogen and oxygen atoms in total. The van der Waals surface area contributed by atoms with E-state index >= 15 is 0 Å². The number of alkyl halides is 3. The van der Waals surface area contributed by atoms with Gasteiger partial charge in [0.15, 0.2) is 11.5 Å². The Kier molecular flexibility index (Phi) is 4.06. The highest BCUT2D eigenvalue weighted by Gasteiger charge is 2.31. The number of pyridine rings is 1. The summed E-state index contributed by atoms with van der Waals surface area (Å²) in [5.74, 6) is -0.0353. The van der Waals surface area contributed by atoms with Crippen LogP contribution in [0.5, 0.6) is 0 Å². The van der Waals surface area contributed by atoms with E-state index in [-0.39, 0.29) is 30.3 Å². The van der Waals surface area contributed by atoms with E-state index in [0.29, 0.717) is 0 Å². The van der Waals surface area contributed by atoms with Crippen molar-refractivity contribution >= 4 is 22.5 Å². The molecule has 0 aliphatic heterocycles. The highest BCUT2D eigenvalue weighted by molar-refractivity contribution is 5.88. The summed E-state index contributed by atoms with van der Waals surface area (Å²) in [7, 11) is 0. The van der Waals surface area contributed by atoms with Gasteiger partial charge in [0.1, 0.15) is 0 Å². The summed E-state index contributed by atoms with van der Waals surface area (Å²) < 4.78 is 39.9. The maximum atomic E-state index is 12.9. The van der Waals surface area contributed by atoms with Crippen molar-refractivity contribution in [3.8, 4) is 0 Å². The number of para-hydroxylation sites is 1. The first-order valence-corrected chi connectivity index (χ1v) is 8.14. The quantitative estimate of drug-likeness (QED) is 0.577. The van der Waals surface area contributed by atoms with Gasteiger partial charge in [-0.1, -0.05) is 18.2 Å². The largest absolute Gasteiger partial charge is 0.417 e. The highest BCUT2D eigenvalue weighted by atomic mass is 19.4. The zero-order valence-electron chi connectivity index (χ0n) is 13.9. The van der Waals surface area contributed by atoms with Crippen molar-refractivity contribution in [1.29, 1.82) is 0 Å². The molecule has 0 aliphatic carbocycles. The standard InChI is InChI=1S/C18H14F3N5O/c19-18(20,21)12-5-6-15-24-25-16(26(15)10-12)9-23-17(27)7-11-8-22-14-4-2-1-3-13(11)14/h1-6,8,10,22H,7,9H2,(H,23,27). The average Bonchev–Trinajstić information content (AvgIpc) is 3.23. The molecule has 3 heterocycles. The second kappa shape index (κ2) is 6.42. The average molecular weight is 373 g/mol. The maximum absolute atomic E-state index is 12.9. The second-order valence-corrected chi connectivity index (χ2v) is 6.07. The summed E-state index contributed by atoms with van der Waals surface area (Å²) in [5.41, 5.74) is 1.25. The number of hydrogen-bond acceptors (Lipinski definition) is 3. The lowest BCUT2D eigenvalue weighted by Gasteiger charge is -2.08. The Morgan fingerprint density at radius 2 is 1.96 bits per heavy atom. The van der Waals surface area contributed by atoms with E-state index in [4.69, 9.17) is 0 Å². The Labute approximate surface area is 151 Å². The van der Waals surface area contributed by atoms with Crippen LogP contribution in [0.3, 0.4) is 0 Å². The van der Waals surface area contributed by atoms with Gasteiger partial charge in [-0.2, -0.15) is 13.2 Å². The number of nitrogens with zero attached hydrogens (tertiary/aromatic N) is 3. The molecule has 0 saturated heterocycles. The first-order valence-electron chi connectivity index (χ1n) is 8.14. The smallest absolute Gasteiger partial charge is 0.361 e. The summed E-state index contributed by atoms with van der Waals surface area (Å²) in [5, 5.41) is 11.3. The number of amides is 1. The van der Waals surface area contributed by atoms with Crippen molar-refractivity contribution < 1.29 is 18.0 Å². The van der Waals surface area contributed by atoms with Gasteiger partial charge in [0, 0.05) is 23.3 Å². The normalized spacial score (nSPS) is 12.0. The van der Waals surface area contributed by atoms with E-state index in [1.54, 1.807) is 6.20 Å².